The van der Waals surface area contributed by atoms with Crippen molar-refractivity contribution in [2.75, 3.05) is 10.7 Å². The minimum Gasteiger partial charge on any atom is -0.295 e. The van der Waals surface area contributed by atoms with Gasteiger partial charge in [-0.15, -0.1) is 11.8 Å². The first-order valence-electron chi connectivity index (χ1n) is 6.83. The number of hydrogen-bond donors (Lipinski definition) is 0. The van der Waals surface area contributed by atoms with E-state index in [1.54, 1.807) is 23.1 Å². The molecule has 1 atom stereocenters. The fourth-order valence-corrected chi connectivity index (χ4v) is 3.68. The third-order valence-electron chi connectivity index (χ3n) is 3.81. The van der Waals surface area contributed by atoms with Gasteiger partial charge >= 0.3 is 0 Å². The quantitative estimate of drug-likeness (QED) is 0.827. The lowest BCUT2D eigenvalue weighted by Gasteiger charge is -2.25. The van der Waals surface area contributed by atoms with Crippen molar-refractivity contribution in [1.82, 2.24) is 0 Å². The Morgan fingerprint density at radius 2 is 1.90 bits per heavy atom. The summed E-state index contributed by atoms with van der Waals surface area (Å²) in [5.41, 5.74) is 3.71. The highest BCUT2D eigenvalue weighted by Crippen LogP contribution is 2.42. The van der Waals surface area contributed by atoms with Gasteiger partial charge in [0.1, 0.15) is 11.2 Å². The molecule has 0 saturated carbocycles. The van der Waals surface area contributed by atoms with Crippen LogP contribution < -0.4 is 4.90 Å². The monoisotopic (exact) mass is 301 g/mol. The summed E-state index contributed by atoms with van der Waals surface area (Å²) < 4.78 is 14.0. The Hall–Kier alpha value is -1.81. The van der Waals surface area contributed by atoms with Gasteiger partial charge in [0.15, 0.2) is 0 Å². The summed E-state index contributed by atoms with van der Waals surface area (Å²) in [7, 11) is 0. The Morgan fingerprint density at radius 1 is 1.14 bits per heavy atom. The molecule has 2 nitrogen and oxygen atoms in total. The minimum atomic E-state index is -0.291. The largest absolute Gasteiger partial charge is 0.295 e. The number of carbonyl (C=O) groups is 1. The molecule has 1 aliphatic heterocycles. The van der Waals surface area contributed by atoms with Crippen LogP contribution in [0.15, 0.2) is 42.5 Å². The Morgan fingerprint density at radius 3 is 2.62 bits per heavy atom. The second-order valence-electron chi connectivity index (χ2n) is 5.22. The lowest BCUT2D eigenvalue weighted by atomic mass is 10.1. The lowest BCUT2D eigenvalue weighted by Crippen LogP contribution is -2.28. The molecule has 1 amide bonds. The van der Waals surface area contributed by atoms with Crippen LogP contribution in [0.3, 0.4) is 0 Å². The van der Waals surface area contributed by atoms with Crippen molar-refractivity contribution in [3.63, 3.8) is 0 Å². The third kappa shape index (κ3) is 2.56. The molecule has 2 aromatic rings. The van der Waals surface area contributed by atoms with Crippen molar-refractivity contribution in [2.45, 2.75) is 19.2 Å². The van der Waals surface area contributed by atoms with Crippen LogP contribution in [-0.2, 0) is 4.79 Å². The van der Waals surface area contributed by atoms with Crippen LogP contribution >= 0.6 is 11.8 Å². The average Bonchev–Trinajstić information content (AvgIpc) is 2.84. The van der Waals surface area contributed by atoms with Crippen molar-refractivity contribution >= 4 is 23.4 Å². The average molecular weight is 301 g/mol. The number of rotatable bonds is 2. The molecule has 0 spiro atoms. The van der Waals surface area contributed by atoms with Crippen LogP contribution in [0.4, 0.5) is 10.1 Å². The SMILES string of the molecule is Cc1ccc(N2C(=O)CS[C@H]2c2ccccc2F)cc1C. The van der Waals surface area contributed by atoms with Gasteiger partial charge in [-0.2, -0.15) is 0 Å². The molecule has 108 valence electrons. The number of amides is 1. The standard InChI is InChI=1S/C17H16FNOS/c1-11-7-8-13(9-12(11)2)19-16(20)10-21-17(19)14-5-3-4-6-15(14)18/h3-9,17H,10H2,1-2H3/t17-/m0/s1. The van der Waals surface area contributed by atoms with Gasteiger partial charge in [0.2, 0.25) is 5.91 Å². The molecule has 1 fully saturated rings. The highest BCUT2D eigenvalue weighted by Gasteiger charge is 2.35. The Balaban J connectivity index is 2.04. The van der Waals surface area contributed by atoms with E-state index in [1.165, 1.54) is 23.4 Å². The molecule has 4 heteroatoms. The van der Waals surface area contributed by atoms with Gasteiger partial charge in [-0.1, -0.05) is 24.3 Å². The van der Waals surface area contributed by atoms with Gasteiger partial charge in [-0.25, -0.2) is 4.39 Å². The lowest BCUT2D eigenvalue weighted by molar-refractivity contribution is -0.115. The van der Waals surface area contributed by atoms with Gasteiger partial charge in [-0.3, -0.25) is 9.69 Å². The van der Waals surface area contributed by atoms with E-state index < -0.39 is 0 Å². The topological polar surface area (TPSA) is 20.3 Å². The molecule has 0 aromatic heterocycles. The summed E-state index contributed by atoms with van der Waals surface area (Å²) in [5, 5.41) is -0.291. The molecule has 1 saturated heterocycles. The summed E-state index contributed by atoms with van der Waals surface area (Å²) in [6, 6.07) is 12.6. The predicted octanol–water partition coefficient (Wildman–Crippen LogP) is 4.22. The van der Waals surface area contributed by atoms with E-state index in [9.17, 15) is 9.18 Å². The highest BCUT2D eigenvalue weighted by atomic mass is 32.2. The second-order valence-corrected chi connectivity index (χ2v) is 6.29. The van der Waals surface area contributed by atoms with E-state index in [4.69, 9.17) is 0 Å². The van der Waals surface area contributed by atoms with E-state index in [0.717, 1.165) is 11.3 Å². The van der Waals surface area contributed by atoms with Gasteiger partial charge in [0.25, 0.3) is 0 Å². The second kappa shape index (κ2) is 5.53. The smallest absolute Gasteiger partial charge is 0.238 e. The van der Waals surface area contributed by atoms with Gasteiger partial charge in [-0.05, 0) is 43.2 Å². The zero-order valence-electron chi connectivity index (χ0n) is 12.0. The number of hydrogen-bond acceptors (Lipinski definition) is 2. The number of benzene rings is 2. The van der Waals surface area contributed by atoms with Crippen LogP contribution in [0.1, 0.15) is 22.1 Å². The number of anilines is 1. The highest BCUT2D eigenvalue weighted by molar-refractivity contribution is 8.00. The van der Waals surface area contributed by atoms with Gasteiger partial charge in [0.05, 0.1) is 5.75 Å². The first kappa shape index (κ1) is 14.1. The molecule has 0 unspecified atom stereocenters. The summed E-state index contributed by atoms with van der Waals surface area (Å²) in [5.74, 6) is 0.140. The Bertz CT molecular complexity index is 701. The van der Waals surface area contributed by atoms with Crippen LogP contribution in [0.25, 0.3) is 0 Å². The van der Waals surface area contributed by atoms with Gasteiger partial charge in [0, 0.05) is 11.3 Å². The molecule has 1 heterocycles. The van der Waals surface area contributed by atoms with E-state index in [0.29, 0.717) is 11.3 Å². The summed E-state index contributed by atoms with van der Waals surface area (Å²) in [6.07, 6.45) is 0. The maximum Gasteiger partial charge on any atom is 0.238 e. The molecule has 0 bridgehead atoms. The van der Waals surface area contributed by atoms with E-state index in [1.807, 2.05) is 32.0 Å². The normalized spacial score (nSPS) is 18.3. The number of carbonyl (C=O) groups excluding carboxylic acids is 1. The molecule has 2 aromatic carbocycles. The molecule has 21 heavy (non-hydrogen) atoms. The molecule has 3 rings (SSSR count). The molecule has 1 aliphatic rings. The van der Waals surface area contributed by atoms with Gasteiger partial charge < -0.3 is 0 Å². The first-order chi connectivity index (χ1) is 10.1. The first-order valence-corrected chi connectivity index (χ1v) is 7.88. The van der Waals surface area contributed by atoms with Crippen molar-refractivity contribution in [3.05, 3.63) is 65.0 Å². The third-order valence-corrected chi connectivity index (χ3v) is 5.00. The van der Waals surface area contributed by atoms with E-state index in [-0.39, 0.29) is 17.1 Å². The maximum absolute atomic E-state index is 14.0. The molecular formula is C17H16FNOS. The van der Waals surface area contributed by atoms with E-state index >= 15 is 0 Å². The zero-order valence-corrected chi connectivity index (χ0v) is 12.8. The van der Waals surface area contributed by atoms with Crippen LogP contribution in [0.2, 0.25) is 0 Å². The van der Waals surface area contributed by atoms with Crippen molar-refractivity contribution in [3.8, 4) is 0 Å². The number of nitrogens with zero attached hydrogens (tertiary/aromatic N) is 1. The fourth-order valence-electron chi connectivity index (χ4n) is 2.48. The Kier molecular flexibility index (Phi) is 3.72. The summed E-state index contributed by atoms with van der Waals surface area (Å²) in [4.78, 5) is 14.0. The zero-order chi connectivity index (χ0) is 15.0. The maximum atomic E-state index is 14.0. The fraction of sp³-hybridized carbons (Fsp3) is 0.235. The van der Waals surface area contributed by atoms with Crippen molar-refractivity contribution < 1.29 is 9.18 Å². The number of thioether (sulfide) groups is 1. The molecule has 0 N–H and O–H groups in total. The Labute approximate surface area is 128 Å². The van der Waals surface area contributed by atoms with Crippen LogP contribution in [0, 0.1) is 19.7 Å². The summed E-state index contributed by atoms with van der Waals surface area (Å²) in [6.45, 7) is 4.05. The number of halogens is 1. The van der Waals surface area contributed by atoms with Crippen LogP contribution in [-0.4, -0.2) is 11.7 Å². The van der Waals surface area contributed by atoms with Crippen molar-refractivity contribution in [1.29, 1.82) is 0 Å². The van der Waals surface area contributed by atoms with Crippen LogP contribution in [0.5, 0.6) is 0 Å². The summed E-state index contributed by atoms with van der Waals surface area (Å²) >= 11 is 1.47. The molecule has 0 radical (unpaired) electrons. The molecule has 0 aliphatic carbocycles. The molecular weight excluding hydrogens is 285 g/mol. The predicted molar refractivity (Wildman–Crippen MR) is 85.0 cm³/mol. The minimum absolute atomic E-state index is 0.0245. The number of aryl methyl sites for hydroxylation is 2. The van der Waals surface area contributed by atoms with E-state index in [2.05, 4.69) is 0 Å². The van der Waals surface area contributed by atoms with Crippen molar-refractivity contribution in [2.24, 2.45) is 0 Å².